The molecular weight excluding hydrogens is 266 g/mol. The van der Waals surface area contributed by atoms with E-state index in [-0.39, 0.29) is 6.61 Å². The zero-order chi connectivity index (χ0) is 13.1. The van der Waals surface area contributed by atoms with Crippen LogP contribution in [0.5, 0.6) is 0 Å². The molecule has 8 heteroatoms. The highest BCUT2D eigenvalue weighted by molar-refractivity contribution is 7.92. The molecule has 0 unspecified atom stereocenters. The van der Waals surface area contributed by atoms with Gasteiger partial charge < -0.3 is 0 Å². The van der Waals surface area contributed by atoms with Crippen LogP contribution in [-0.4, -0.2) is 29.3 Å². The van der Waals surface area contributed by atoms with Gasteiger partial charge in [0.1, 0.15) is 0 Å². The molecule has 0 saturated heterocycles. The molecule has 0 spiro atoms. The monoisotopic (exact) mass is 279 g/mol. The van der Waals surface area contributed by atoms with Crippen LogP contribution in [0.4, 0.5) is 5.69 Å². The van der Waals surface area contributed by atoms with E-state index in [2.05, 4.69) is 8.91 Å². The van der Waals surface area contributed by atoms with E-state index >= 15 is 0 Å². The Morgan fingerprint density at radius 3 is 2.35 bits per heavy atom. The summed E-state index contributed by atoms with van der Waals surface area (Å²) in [6, 6.07) is 6.31. The number of benzene rings is 1. The molecule has 0 aliphatic heterocycles. The standard InChI is InChI=1S/C9H13NO5S2/c1-16(11,12)10-9-5-3-4-8(6-9)7-15-17(2,13)14/h3-6,10H,7H2,1-2H3. The van der Waals surface area contributed by atoms with Crippen LogP contribution in [0.2, 0.25) is 0 Å². The molecule has 0 heterocycles. The molecule has 1 aromatic rings. The first kappa shape index (κ1) is 13.9. The molecule has 0 atom stereocenters. The minimum Gasteiger partial charge on any atom is -0.284 e. The zero-order valence-electron chi connectivity index (χ0n) is 9.37. The molecule has 0 aliphatic rings. The Morgan fingerprint density at radius 2 is 1.82 bits per heavy atom. The Bertz CT molecular complexity index is 592. The number of anilines is 1. The average molecular weight is 279 g/mol. The number of rotatable bonds is 5. The summed E-state index contributed by atoms with van der Waals surface area (Å²) in [6.07, 6.45) is 1.98. The van der Waals surface area contributed by atoms with E-state index in [0.717, 1.165) is 12.5 Å². The second kappa shape index (κ2) is 5.03. The minimum atomic E-state index is -3.51. The van der Waals surface area contributed by atoms with Crippen molar-refractivity contribution >= 4 is 25.8 Å². The molecule has 0 aliphatic carbocycles. The second-order valence-electron chi connectivity index (χ2n) is 3.54. The van der Waals surface area contributed by atoms with Crippen molar-refractivity contribution in [1.82, 2.24) is 0 Å². The van der Waals surface area contributed by atoms with Gasteiger partial charge in [0.05, 0.1) is 19.1 Å². The Hall–Kier alpha value is -1.12. The summed E-state index contributed by atoms with van der Waals surface area (Å²) >= 11 is 0. The lowest BCUT2D eigenvalue weighted by Gasteiger charge is -2.06. The van der Waals surface area contributed by atoms with Crippen LogP contribution >= 0.6 is 0 Å². The molecule has 1 rings (SSSR count). The maximum absolute atomic E-state index is 11.0. The fourth-order valence-corrected chi connectivity index (χ4v) is 2.02. The van der Waals surface area contributed by atoms with Crippen LogP contribution < -0.4 is 4.72 Å². The molecule has 0 aromatic heterocycles. The van der Waals surface area contributed by atoms with E-state index in [1.54, 1.807) is 18.2 Å². The van der Waals surface area contributed by atoms with Crippen LogP contribution in [0.15, 0.2) is 24.3 Å². The van der Waals surface area contributed by atoms with Gasteiger partial charge in [0.15, 0.2) is 0 Å². The number of hydrogen-bond donors (Lipinski definition) is 1. The third-order valence-corrected chi connectivity index (χ3v) is 2.82. The van der Waals surface area contributed by atoms with Crippen molar-refractivity contribution in [3.05, 3.63) is 29.8 Å². The predicted molar refractivity (Wildman–Crippen MR) is 64.5 cm³/mol. The first-order valence-electron chi connectivity index (χ1n) is 4.57. The van der Waals surface area contributed by atoms with Crippen molar-refractivity contribution in [2.45, 2.75) is 6.61 Å². The summed E-state index contributed by atoms with van der Waals surface area (Å²) in [7, 11) is -6.86. The normalized spacial score (nSPS) is 12.4. The minimum absolute atomic E-state index is 0.127. The van der Waals surface area contributed by atoms with Gasteiger partial charge in [0, 0.05) is 5.69 Å². The number of hydrogen-bond acceptors (Lipinski definition) is 5. The van der Waals surface area contributed by atoms with Gasteiger partial charge in [-0.1, -0.05) is 12.1 Å². The molecule has 0 fully saturated rings. The second-order valence-corrected chi connectivity index (χ2v) is 6.93. The quantitative estimate of drug-likeness (QED) is 0.794. The lowest BCUT2D eigenvalue weighted by atomic mass is 10.2. The summed E-state index contributed by atoms with van der Waals surface area (Å²) in [4.78, 5) is 0. The lowest BCUT2D eigenvalue weighted by molar-refractivity contribution is 0.312. The van der Waals surface area contributed by atoms with E-state index in [4.69, 9.17) is 0 Å². The molecule has 6 nitrogen and oxygen atoms in total. The number of nitrogens with one attached hydrogen (secondary N) is 1. The summed E-state index contributed by atoms with van der Waals surface area (Å²) in [6.45, 7) is -0.127. The molecular formula is C9H13NO5S2. The largest absolute Gasteiger partial charge is 0.284 e. The maximum Gasteiger partial charge on any atom is 0.264 e. The van der Waals surface area contributed by atoms with Gasteiger partial charge in [-0.25, -0.2) is 8.42 Å². The average Bonchev–Trinajstić information content (AvgIpc) is 2.11. The molecule has 17 heavy (non-hydrogen) atoms. The Labute approximate surface area is 101 Å². The van der Waals surface area contributed by atoms with Crippen molar-refractivity contribution < 1.29 is 21.0 Å². The smallest absolute Gasteiger partial charge is 0.264 e. The van der Waals surface area contributed by atoms with Crippen LogP contribution in [-0.2, 0) is 30.9 Å². The maximum atomic E-state index is 11.0. The van der Waals surface area contributed by atoms with Gasteiger partial charge in [0.25, 0.3) is 10.1 Å². The highest BCUT2D eigenvalue weighted by Gasteiger charge is 2.05. The highest BCUT2D eigenvalue weighted by atomic mass is 32.2. The van der Waals surface area contributed by atoms with E-state index in [1.807, 2.05) is 0 Å². The third-order valence-electron chi connectivity index (χ3n) is 1.67. The fourth-order valence-electron chi connectivity index (χ4n) is 1.11. The first-order valence-corrected chi connectivity index (χ1v) is 8.28. The first-order chi connectivity index (χ1) is 7.66. The molecule has 1 N–H and O–H groups in total. The van der Waals surface area contributed by atoms with Gasteiger partial charge in [-0.2, -0.15) is 8.42 Å². The highest BCUT2D eigenvalue weighted by Crippen LogP contribution is 2.13. The van der Waals surface area contributed by atoms with Crippen LogP contribution in [0.25, 0.3) is 0 Å². The van der Waals surface area contributed by atoms with Crippen LogP contribution in [0.1, 0.15) is 5.56 Å². The van der Waals surface area contributed by atoms with E-state index in [1.165, 1.54) is 6.07 Å². The van der Waals surface area contributed by atoms with Gasteiger partial charge in [-0.3, -0.25) is 8.91 Å². The van der Waals surface area contributed by atoms with Gasteiger partial charge in [0.2, 0.25) is 10.0 Å². The number of sulfonamides is 1. The fraction of sp³-hybridized carbons (Fsp3) is 0.333. The van der Waals surface area contributed by atoms with Crippen LogP contribution in [0.3, 0.4) is 0 Å². The Balaban J connectivity index is 2.80. The SMILES string of the molecule is CS(=O)(=O)Nc1cccc(COS(C)(=O)=O)c1. The molecule has 1 aromatic carbocycles. The van der Waals surface area contributed by atoms with Crippen molar-refractivity contribution in [2.75, 3.05) is 17.2 Å². The zero-order valence-corrected chi connectivity index (χ0v) is 11.0. The van der Waals surface area contributed by atoms with Gasteiger partial charge in [-0.15, -0.1) is 0 Å². The van der Waals surface area contributed by atoms with Crippen molar-refractivity contribution in [1.29, 1.82) is 0 Å². The van der Waals surface area contributed by atoms with Crippen molar-refractivity contribution in [2.24, 2.45) is 0 Å². The van der Waals surface area contributed by atoms with E-state index in [0.29, 0.717) is 11.3 Å². The Morgan fingerprint density at radius 1 is 1.18 bits per heavy atom. The van der Waals surface area contributed by atoms with Gasteiger partial charge in [-0.05, 0) is 17.7 Å². The molecule has 96 valence electrons. The molecule has 0 radical (unpaired) electrons. The third kappa shape index (κ3) is 6.25. The molecule has 0 amide bonds. The van der Waals surface area contributed by atoms with Crippen LogP contribution in [0, 0.1) is 0 Å². The van der Waals surface area contributed by atoms with E-state index < -0.39 is 20.1 Å². The predicted octanol–water partition coefficient (Wildman–Crippen LogP) is 0.534. The lowest BCUT2D eigenvalue weighted by Crippen LogP contribution is -2.10. The Kier molecular flexibility index (Phi) is 4.12. The van der Waals surface area contributed by atoms with Crippen molar-refractivity contribution in [3.8, 4) is 0 Å². The summed E-state index contributed by atoms with van der Waals surface area (Å²) < 4.78 is 50.4. The van der Waals surface area contributed by atoms with Gasteiger partial charge >= 0.3 is 0 Å². The summed E-state index contributed by atoms with van der Waals surface area (Å²) in [5, 5.41) is 0. The van der Waals surface area contributed by atoms with Crippen molar-refractivity contribution in [3.63, 3.8) is 0 Å². The topological polar surface area (TPSA) is 89.5 Å². The summed E-state index contributed by atoms with van der Waals surface area (Å²) in [5.41, 5.74) is 0.922. The molecule has 0 bridgehead atoms. The molecule has 0 saturated carbocycles. The summed E-state index contributed by atoms with van der Waals surface area (Å²) in [5.74, 6) is 0. The van der Waals surface area contributed by atoms with E-state index in [9.17, 15) is 16.8 Å².